The molecule has 1 fully saturated rings. The van der Waals surface area contributed by atoms with E-state index in [1.165, 1.54) is 11.1 Å². The number of nitrogens with one attached hydrogen (secondary N) is 1. The van der Waals surface area contributed by atoms with Crippen molar-refractivity contribution in [1.82, 2.24) is 10.2 Å². The molecule has 1 aliphatic carbocycles. The van der Waals surface area contributed by atoms with Crippen LogP contribution in [-0.2, 0) is 11.2 Å². The van der Waals surface area contributed by atoms with Crippen LogP contribution in [0.2, 0.25) is 0 Å². The molecule has 2 N–H and O–H groups in total. The van der Waals surface area contributed by atoms with Crippen LogP contribution in [0.15, 0.2) is 24.3 Å². The summed E-state index contributed by atoms with van der Waals surface area (Å²) >= 11 is 0. The van der Waals surface area contributed by atoms with Gasteiger partial charge in [-0.05, 0) is 49.8 Å². The quantitative estimate of drug-likeness (QED) is 0.875. The maximum absolute atomic E-state index is 12.3. The number of aliphatic hydroxyl groups is 1. The van der Waals surface area contributed by atoms with Crippen LogP contribution in [0.3, 0.4) is 0 Å². The van der Waals surface area contributed by atoms with Gasteiger partial charge in [-0.3, -0.25) is 9.69 Å². The first kappa shape index (κ1) is 15.5. The first-order valence-corrected chi connectivity index (χ1v) is 8.50. The Bertz CT molecular complexity index is 518. The van der Waals surface area contributed by atoms with E-state index in [2.05, 4.69) is 34.5 Å². The van der Waals surface area contributed by atoms with Crippen LogP contribution in [0.5, 0.6) is 0 Å². The summed E-state index contributed by atoms with van der Waals surface area (Å²) in [6.07, 6.45) is 5.99. The van der Waals surface area contributed by atoms with Gasteiger partial charge in [-0.15, -0.1) is 0 Å². The molecule has 1 unspecified atom stereocenters. The molecule has 0 aromatic heterocycles. The number of carbonyl (C=O) groups excluding carboxylic acids is 1. The minimum Gasteiger partial charge on any atom is -0.395 e. The molecule has 4 nitrogen and oxygen atoms in total. The van der Waals surface area contributed by atoms with E-state index < -0.39 is 0 Å². The summed E-state index contributed by atoms with van der Waals surface area (Å²) in [5, 5.41) is 12.5. The average molecular weight is 302 g/mol. The smallest absolute Gasteiger partial charge is 0.221 e. The number of hydrogen-bond donors (Lipinski definition) is 2. The van der Waals surface area contributed by atoms with Gasteiger partial charge in [-0.1, -0.05) is 24.3 Å². The average Bonchev–Trinajstić information content (AvgIpc) is 3.01. The Hall–Kier alpha value is -1.39. The number of aliphatic hydroxyl groups excluding tert-OH is 1. The Morgan fingerprint density at radius 2 is 2.14 bits per heavy atom. The van der Waals surface area contributed by atoms with Crippen molar-refractivity contribution in [3.8, 4) is 0 Å². The third-order valence-electron chi connectivity index (χ3n) is 5.04. The van der Waals surface area contributed by atoms with E-state index in [0.717, 1.165) is 45.2 Å². The van der Waals surface area contributed by atoms with E-state index >= 15 is 0 Å². The van der Waals surface area contributed by atoms with Crippen LogP contribution in [-0.4, -0.2) is 41.7 Å². The molecule has 0 saturated carbocycles. The van der Waals surface area contributed by atoms with Crippen LogP contribution < -0.4 is 5.32 Å². The normalized spacial score (nSPS) is 25.0. The Morgan fingerprint density at radius 1 is 1.27 bits per heavy atom. The van der Waals surface area contributed by atoms with Gasteiger partial charge in [-0.2, -0.15) is 0 Å². The molecule has 1 saturated heterocycles. The molecule has 0 bridgehead atoms. The lowest BCUT2D eigenvalue weighted by atomic mass is 9.87. The maximum atomic E-state index is 12.3. The highest BCUT2D eigenvalue weighted by Gasteiger charge is 2.25. The fourth-order valence-corrected chi connectivity index (χ4v) is 3.81. The molecule has 1 aliphatic heterocycles. The van der Waals surface area contributed by atoms with Gasteiger partial charge in [0, 0.05) is 19.0 Å². The number of fused-ring (bicyclic) bond motifs is 1. The number of amides is 1. The van der Waals surface area contributed by atoms with Crippen molar-refractivity contribution >= 4 is 5.91 Å². The highest BCUT2D eigenvalue weighted by atomic mass is 16.3. The van der Waals surface area contributed by atoms with E-state index in [4.69, 9.17) is 0 Å². The summed E-state index contributed by atoms with van der Waals surface area (Å²) in [5.41, 5.74) is 2.66. The van der Waals surface area contributed by atoms with E-state index in [1.54, 1.807) is 0 Å². The molecule has 0 spiro atoms. The van der Waals surface area contributed by atoms with Crippen molar-refractivity contribution in [2.24, 2.45) is 0 Å². The van der Waals surface area contributed by atoms with Gasteiger partial charge < -0.3 is 10.4 Å². The fourth-order valence-electron chi connectivity index (χ4n) is 3.81. The standard InChI is InChI=1S/C18H26N2O2/c21-13-15-7-4-11-20(15)12-10-18(22)19-17-9-3-6-14-5-1-2-8-16(14)17/h1-2,5,8,15,17,21H,3-4,6-7,9-13H2,(H,19,22)/t15-,17?/m1/s1. The highest BCUT2D eigenvalue weighted by molar-refractivity contribution is 5.76. The number of benzene rings is 1. The third-order valence-corrected chi connectivity index (χ3v) is 5.04. The first-order valence-electron chi connectivity index (χ1n) is 8.50. The van der Waals surface area contributed by atoms with E-state index in [9.17, 15) is 9.90 Å². The third kappa shape index (κ3) is 3.50. The van der Waals surface area contributed by atoms with Crippen molar-refractivity contribution in [3.05, 3.63) is 35.4 Å². The Balaban J connectivity index is 1.52. The van der Waals surface area contributed by atoms with Crippen molar-refractivity contribution < 1.29 is 9.90 Å². The predicted molar refractivity (Wildman–Crippen MR) is 86.6 cm³/mol. The summed E-state index contributed by atoms with van der Waals surface area (Å²) in [5.74, 6) is 0.130. The van der Waals surface area contributed by atoms with Crippen molar-refractivity contribution in [2.45, 2.75) is 50.6 Å². The molecule has 22 heavy (non-hydrogen) atoms. The number of aryl methyl sites for hydroxylation is 1. The monoisotopic (exact) mass is 302 g/mol. The number of carbonyl (C=O) groups is 1. The minimum atomic E-state index is 0.130. The SMILES string of the molecule is O=C(CCN1CCC[C@@H]1CO)NC1CCCc2ccccc21. The molecule has 1 amide bonds. The minimum absolute atomic E-state index is 0.130. The second kappa shape index (κ2) is 7.25. The predicted octanol–water partition coefficient (Wildman–Crippen LogP) is 2.03. The highest BCUT2D eigenvalue weighted by Crippen LogP contribution is 2.29. The van der Waals surface area contributed by atoms with Gasteiger partial charge in [0.05, 0.1) is 12.6 Å². The van der Waals surface area contributed by atoms with Crippen molar-refractivity contribution in [1.29, 1.82) is 0 Å². The number of nitrogens with zero attached hydrogens (tertiary/aromatic N) is 1. The topological polar surface area (TPSA) is 52.6 Å². The van der Waals surface area contributed by atoms with Gasteiger partial charge in [0.2, 0.25) is 5.91 Å². The van der Waals surface area contributed by atoms with Crippen LogP contribution >= 0.6 is 0 Å². The molecule has 2 atom stereocenters. The summed E-state index contributed by atoms with van der Waals surface area (Å²) in [7, 11) is 0. The van der Waals surface area contributed by atoms with Gasteiger partial charge in [0.1, 0.15) is 0 Å². The van der Waals surface area contributed by atoms with Crippen LogP contribution in [0.25, 0.3) is 0 Å². The molecule has 120 valence electrons. The molecule has 3 rings (SSSR count). The molecular formula is C18H26N2O2. The first-order chi connectivity index (χ1) is 10.8. The largest absolute Gasteiger partial charge is 0.395 e. The zero-order chi connectivity index (χ0) is 15.4. The lowest BCUT2D eigenvalue weighted by Crippen LogP contribution is -2.37. The van der Waals surface area contributed by atoms with Gasteiger partial charge >= 0.3 is 0 Å². The van der Waals surface area contributed by atoms with Gasteiger partial charge in [-0.25, -0.2) is 0 Å². The van der Waals surface area contributed by atoms with E-state index in [0.29, 0.717) is 6.42 Å². The molecule has 2 aliphatic rings. The second-order valence-electron chi connectivity index (χ2n) is 6.48. The Morgan fingerprint density at radius 3 is 3.00 bits per heavy atom. The molecule has 1 aromatic carbocycles. The molecule has 4 heteroatoms. The summed E-state index contributed by atoms with van der Waals surface area (Å²) < 4.78 is 0. The molecule has 1 heterocycles. The van der Waals surface area contributed by atoms with E-state index in [1.807, 2.05) is 0 Å². The zero-order valence-electron chi connectivity index (χ0n) is 13.1. The molecule has 1 aromatic rings. The maximum Gasteiger partial charge on any atom is 0.221 e. The van der Waals surface area contributed by atoms with Gasteiger partial charge in [0.25, 0.3) is 0 Å². The molecule has 0 radical (unpaired) electrons. The van der Waals surface area contributed by atoms with E-state index in [-0.39, 0.29) is 24.6 Å². The second-order valence-corrected chi connectivity index (χ2v) is 6.48. The molecular weight excluding hydrogens is 276 g/mol. The van der Waals surface area contributed by atoms with Crippen LogP contribution in [0, 0.1) is 0 Å². The lowest BCUT2D eigenvalue weighted by Gasteiger charge is -2.27. The van der Waals surface area contributed by atoms with Crippen molar-refractivity contribution in [2.75, 3.05) is 19.7 Å². The Kier molecular flexibility index (Phi) is 5.11. The summed E-state index contributed by atoms with van der Waals surface area (Å²) in [6, 6.07) is 8.86. The van der Waals surface area contributed by atoms with Crippen LogP contribution in [0.1, 0.15) is 49.3 Å². The zero-order valence-corrected chi connectivity index (χ0v) is 13.1. The number of rotatable bonds is 5. The van der Waals surface area contributed by atoms with Gasteiger partial charge in [0.15, 0.2) is 0 Å². The van der Waals surface area contributed by atoms with Crippen LogP contribution in [0.4, 0.5) is 0 Å². The summed E-state index contributed by atoms with van der Waals surface area (Å²) in [4.78, 5) is 14.5. The fraction of sp³-hybridized carbons (Fsp3) is 0.611. The Labute approximate surface area is 132 Å². The number of likely N-dealkylation sites (tertiary alicyclic amines) is 1. The summed E-state index contributed by atoms with van der Waals surface area (Å²) in [6.45, 7) is 1.97. The number of hydrogen-bond acceptors (Lipinski definition) is 3. The van der Waals surface area contributed by atoms with Crippen molar-refractivity contribution in [3.63, 3.8) is 0 Å². The lowest BCUT2D eigenvalue weighted by molar-refractivity contribution is -0.122.